The fourth-order valence-electron chi connectivity index (χ4n) is 0.918. The zero-order valence-electron chi connectivity index (χ0n) is 5.68. The van der Waals surface area contributed by atoms with Crippen LogP contribution >= 0.6 is 0 Å². The molecule has 0 fully saturated rings. The van der Waals surface area contributed by atoms with E-state index in [1.807, 2.05) is 0 Å². The Hall–Kier alpha value is -1.49. The molecule has 2 aromatic rings. The number of hydrogen-bond donors (Lipinski definition) is 1. The van der Waals surface area contributed by atoms with Crippen LogP contribution < -0.4 is 0 Å². The molecule has 0 atom stereocenters. The van der Waals surface area contributed by atoms with Gasteiger partial charge in [0, 0.05) is 0 Å². The monoisotopic (exact) mass is 150 g/mol. The second-order valence-electron chi connectivity index (χ2n) is 2.09. The summed E-state index contributed by atoms with van der Waals surface area (Å²) >= 11 is 0. The van der Waals surface area contributed by atoms with Crippen LogP contribution in [0.2, 0.25) is 0 Å². The Morgan fingerprint density at radius 1 is 1.45 bits per heavy atom. The van der Waals surface area contributed by atoms with E-state index in [1.165, 1.54) is 17.2 Å². The Kier molecular flexibility index (Phi) is 1.29. The molecule has 0 aliphatic carbocycles. The predicted octanol–water partition coefficient (Wildman–Crippen LogP) is -0.224. The second kappa shape index (κ2) is 2.28. The molecule has 0 saturated carbocycles. The Morgan fingerprint density at radius 3 is 3.18 bits per heavy atom. The third kappa shape index (κ3) is 0.857. The van der Waals surface area contributed by atoms with E-state index in [0.717, 1.165) is 0 Å². The van der Waals surface area contributed by atoms with E-state index in [9.17, 15) is 0 Å². The van der Waals surface area contributed by atoms with Crippen LogP contribution in [-0.2, 0) is 6.73 Å². The molecule has 0 aromatic carbocycles. The van der Waals surface area contributed by atoms with Crippen molar-refractivity contribution in [2.24, 2.45) is 0 Å². The van der Waals surface area contributed by atoms with Crippen molar-refractivity contribution >= 4 is 11.2 Å². The van der Waals surface area contributed by atoms with Gasteiger partial charge in [0.25, 0.3) is 0 Å². The zero-order valence-corrected chi connectivity index (χ0v) is 5.68. The average molecular weight is 150 g/mol. The summed E-state index contributed by atoms with van der Waals surface area (Å²) in [6, 6.07) is 0. The second-order valence-corrected chi connectivity index (χ2v) is 2.09. The molecule has 0 radical (unpaired) electrons. The molecule has 5 nitrogen and oxygen atoms in total. The number of aromatic nitrogens is 4. The van der Waals surface area contributed by atoms with Crippen LogP contribution in [0.25, 0.3) is 11.2 Å². The fraction of sp³-hybridized carbons (Fsp3) is 0.167. The summed E-state index contributed by atoms with van der Waals surface area (Å²) in [5.41, 5.74) is 1.35. The minimum absolute atomic E-state index is 0.104. The van der Waals surface area contributed by atoms with Gasteiger partial charge in [-0.2, -0.15) is 0 Å². The van der Waals surface area contributed by atoms with E-state index < -0.39 is 0 Å². The van der Waals surface area contributed by atoms with Crippen molar-refractivity contribution in [2.75, 3.05) is 0 Å². The average Bonchev–Trinajstić information content (AvgIpc) is 2.47. The van der Waals surface area contributed by atoms with Crippen LogP contribution in [0.5, 0.6) is 0 Å². The fourth-order valence-corrected chi connectivity index (χ4v) is 0.918. The number of fused-ring (bicyclic) bond motifs is 1. The molecule has 0 amide bonds. The minimum Gasteiger partial charge on any atom is -0.376 e. The summed E-state index contributed by atoms with van der Waals surface area (Å²) in [6.07, 6.45) is 4.56. The maximum absolute atomic E-state index is 8.79. The van der Waals surface area contributed by atoms with Gasteiger partial charge in [0.15, 0.2) is 5.65 Å². The lowest BCUT2D eigenvalue weighted by Crippen LogP contribution is -1.95. The van der Waals surface area contributed by atoms with Gasteiger partial charge in [-0.05, 0) is 0 Å². The predicted molar refractivity (Wildman–Crippen MR) is 37.5 cm³/mol. The van der Waals surface area contributed by atoms with E-state index in [4.69, 9.17) is 5.11 Å². The van der Waals surface area contributed by atoms with Gasteiger partial charge in [-0.25, -0.2) is 15.0 Å². The van der Waals surface area contributed by atoms with Gasteiger partial charge in [-0.1, -0.05) is 0 Å². The number of aliphatic hydroxyl groups is 1. The molecule has 2 aromatic heterocycles. The van der Waals surface area contributed by atoms with Gasteiger partial charge in [0.1, 0.15) is 18.6 Å². The van der Waals surface area contributed by atoms with Gasteiger partial charge in [0.2, 0.25) is 0 Å². The molecule has 0 aliphatic heterocycles. The van der Waals surface area contributed by atoms with Crippen LogP contribution in [0.15, 0.2) is 18.9 Å². The van der Waals surface area contributed by atoms with Crippen molar-refractivity contribution in [1.29, 1.82) is 0 Å². The van der Waals surface area contributed by atoms with Gasteiger partial charge in [0.05, 0.1) is 12.5 Å². The molecule has 0 bridgehead atoms. The molecule has 0 aliphatic rings. The lowest BCUT2D eigenvalue weighted by molar-refractivity contribution is 0.214. The first-order chi connectivity index (χ1) is 5.42. The smallest absolute Gasteiger partial charge is 0.165 e. The van der Waals surface area contributed by atoms with E-state index in [0.29, 0.717) is 11.2 Å². The normalized spacial score (nSPS) is 10.6. The van der Waals surface area contributed by atoms with Gasteiger partial charge in [-0.15, -0.1) is 0 Å². The SMILES string of the molecule is OCn1cnc2cncnc21. The molecular formula is C6H6N4O. The van der Waals surface area contributed by atoms with Crippen molar-refractivity contribution in [3.05, 3.63) is 18.9 Å². The van der Waals surface area contributed by atoms with Crippen molar-refractivity contribution in [3.63, 3.8) is 0 Å². The summed E-state index contributed by atoms with van der Waals surface area (Å²) in [4.78, 5) is 11.7. The van der Waals surface area contributed by atoms with Gasteiger partial charge in [-0.3, -0.25) is 4.57 Å². The standard InChI is InChI=1S/C6H6N4O/c11-4-10-3-9-5-1-7-2-8-6(5)10/h1-3,11H,4H2. The Balaban J connectivity index is 2.76. The third-order valence-corrected chi connectivity index (χ3v) is 1.43. The van der Waals surface area contributed by atoms with Crippen LogP contribution in [0.3, 0.4) is 0 Å². The van der Waals surface area contributed by atoms with E-state index in [2.05, 4.69) is 15.0 Å². The summed E-state index contributed by atoms with van der Waals surface area (Å²) < 4.78 is 1.54. The highest BCUT2D eigenvalue weighted by molar-refractivity contribution is 5.68. The van der Waals surface area contributed by atoms with Crippen molar-refractivity contribution in [3.8, 4) is 0 Å². The number of imidazole rings is 1. The molecule has 56 valence electrons. The summed E-state index contributed by atoms with van der Waals surface area (Å²) in [6.45, 7) is -0.104. The van der Waals surface area contributed by atoms with E-state index in [-0.39, 0.29) is 6.73 Å². The lowest BCUT2D eigenvalue weighted by Gasteiger charge is -1.93. The van der Waals surface area contributed by atoms with Crippen LogP contribution in [0, 0.1) is 0 Å². The molecule has 2 heterocycles. The highest BCUT2D eigenvalue weighted by atomic mass is 16.3. The molecule has 11 heavy (non-hydrogen) atoms. The Morgan fingerprint density at radius 2 is 2.36 bits per heavy atom. The number of nitrogens with zero attached hydrogens (tertiary/aromatic N) is 4. The quantitative estimate of drug-likeness (QED) is 0.610. The molecule has 0 unspecified atom stereocenters. The topological polar surface area (TPSA) is 63.8 Å². The highest BCUT2D eigenvalue weighted by Gasteiger charge is 1.99. The van der Waals surface area contributed by atoms with Crippen LogP contribution in [0.1, 0.15) is 0 Å². The zero-order chi connectivity index (χ0) is 7.68. The molecule has 0 saturated heterocycles. The molecule has 0 spiro atoms. The summed E-state index contributed by atoms with van der Waals surface area (Å²) in [5, 5.41) is 8.79. The number of aliphatic hydroxyl groups excluding tert-OH is 1. The summed E-state index contributed by atoms with van der Waals surface area (Å²) in [7, 11) is 0. The van der Waals surface area contributed by atoms with E-state index >= 15 is 0 Å². The van der Waals surface area contributed by atoms with Crippen molar-refractivity contribution < 1.29 is 5.11 Å². The number of hydrogen-bond acceptors (Lipinski definition) is 4. The largest absolute Gasteiger partial charge is 0.376 e. The Labute approximate surface area is 62.4 Å². The first-order valence-corrected chi connectivity index (χ1v) is 3.13. The van der Waals surface area contributed by atoms with Gasteiger partial charge >= 0.3 is 0 Å². The molecule has 1 N–H and O–H groups in total. The molecule has 5 heteroatoms. The Bertz CT molecular complexity index is 369. The van der Waals surface area contributed by atoms with Crippen LogP contribution in [0.4, 0.5) is 0 Å². The van der Waals surface area contributed by atoms with Crippen molar-refractivity contribution in [2.45, 2.75) is 6.73 Å². The third-order valence-electron chi connectivity index (χ3n) is 1.43. The number of rotatable bonds is 1. The van der Waals surface area contributed by atoms with E-state index in [1.54, 1.807) is 6.20 Å². The van der Waals surface area contributed by atoms with Crippen molar-refractivity contribution in [1.82, 2.24) is 19.5 Å². The van der Waals surface area contributed by atoms with Gasteiger partial charge < -0.3 is 5.11 Å². The molecule has 2 rings (SSSR count). The molecular weight excluding hydrogens is 144 g/mol. The highest BCUT2D eigenvalue weighted by Crippen LogP contribution is 2.05. The van der Waals surface area contributed by atoms with Crippen LogP contribution in [-0.4, -0.2) is 24.6 Å². The summed E-state index contributed by atoms with van der Waals surface area (Å²) in [5.74, 6) is 0. The minimum atomic E-state index is -0.104. The maximum atomic E-state index is 8.79. The lowest BCUT2D eigenvalue weighted by atomic mass is 10.6. The first kappa shape index (κ1) is 6.23. The maximum Gasteiger partial charge on any atom is 0.165 e. The first-order valence-electron chi connectivity index (χ1n) is 3.13.